The number of nitrogens with one attached hydrogen (secondary N) is 2. The fourth-order valence-corrected chi connectivity index (χ4v) is 4.21. The summed E-state index contributed by atoms with van der Waals surface area (Å²) in [5.41, 5.74) is 3.73. The van der Waals surface area contributed by atoms with Gasteiger partial charge in [0.1, 0.15) is 30.1 Å². The quantitative estimate of drug-likeness (QED) is 0.233. The third-order valence-electron chi connectivity index (χ3n) is 5.30. The van der Waals surface area contributed by atoms with E-state index >= 15 is 0 Å². The number of carbonyl (C=O) groups excluding carboxylic acids is 1. The van der Waals surface area contributed by atoms with Crippen molar-refractivity contribution in [3.8, 4) is 5.75 Å². The normalized spacial score (nSPS) is 17.4. The van der Waals surface area contributed by atoms with Crippen molar-refractivity contribution in [2.75, 3.05) is 32.6 Å². The fourth-order valence-electron chi connectivity index (χ4n) is 3.39. The molecule has 36 heavy (non-hydrogen) atoms. The molecule has 13 heteroatoms. The van der Waals surface area contributed by atoms with Crippen molar-refractivity contribution in [3.63, 3.8) is 0 Å². The van der Waals surface area contributed by atoms with Crippen LogP contribution in [0.2, 0.25) is 0 Å². The van der Waals surface area contributed by atoms with Gasteiger partial charge in [0.15, 0.2) is 0 Å². The lowest BCUT2D eigenvalue weighted by Gasteiger charge is -2.23. The minimum Gasteiger partial charge on any atom is -0.497 e. The second-order valence-electron chi connectivity index (χ2n) is 7.66. The van der Waals surface area contributed by atoms with Gasteiger partial charge in [-0.1, -0.05) is 34.1 Å². The Kier molecular flexibility index (Phi) is 10.0. The lowest BCUT2D eigenvalue weighted by atomic mass is 9.92. The first-order chi connectivity index (χ1) is 17.2. The number of carbonyl (C=O) groups is 1. The SMILES string of the molecule is CCS(=O)(=O)OCCONC1=NC[C@@H](c2ccc(Br)cc2F)[C@@H]1NC(=O)OCc1ccc(OC)cc1. The molecule has 0 fully saturated rings. The highest BCUT2D eigenvalue weighted by atomic mass is 79.9. The second-order valence-corrected chi connectivity index (χ2v) is 10.5. The van der Waals surface area contributed by atoms with Crippen LogP contribution < -0.4 is 15.5 Å². The Morgan fingerprint density at radius 3 is 2.61 bits per heavy atom. The van der Waals surface area contributed by atoms with E-state index in [4.69, 9.17) is 18.5 Å². The van der Waals surface area contributed by atoms with Crippen molar-refractivity contribution in [1.29, 1.82) is 0 Å². The van der Waals surface area contributed by atoms with Crippen molar-refractivity contribution in [1.82, 2.24) is 10.8 Å². The van der Waals surface area contributed by atoms with Gasteiger partial charge in [0, 0.05) is 10.4 Å². The minimum atomic E-state index is -3.60. The van der Waals surface area contributed by atoms with Crippen LogP contribution in [0.3, 0.4) is 0 Å². The van der Waals surface area contributed by atoms with Gasteiger partial charge in [0.2, 0.25) is 0 Å². The van der Waals surface area contributed by atoms with Crippen molar-refractivity contribution in [3.05, 3.63) is 63.9 Å². The van der Waals surface area contributed by atoms with E-state index in [1.54, 1.807) is 43.5 Å². The van der Waals surface area contributed by atoms with Gasteiger partial charge in [-0.15, -0.1) is 0 Å². The highest BCUT2D eigenvalue weighted by Crippen LogP contribution is 2.29. The maximum Gasteiger partial charge on any atom is 0.408 e. The Hall–Kier alpha value is -2.74. The van der Waals surface area contributed by atoms with Gasteiger partial charge in [0.25, 0.3) is 10.1 Å². The Morgan fingerprint density at radius 2 is 1.94 bits per heavy atom. The van der Waals surface area contributed by atoms with Crippen LogP contribution in [-0.4, -0.2) is 59.0 Å². The number of nitrogens with zero attached hydrogens (tertiary/aromatic N) is 1. The molecule has 0 saturated heterocycles. The number of aliphatic imine (C=N–C) groups is 1. The highest BCUT2D eigenvalue weighted by molar-refractivity contribution is 9.10. The number of alkyl carbamates (subject to hydrolysis) is 1. The van der Waals surface area contributed by atoms with Crippen molar-refractivity contribution >= 4 is 38.0 Å². The zero-order valence-electron chi connectivity index (χ0n) is 19.7. The van der Waals surface area contributed by atoms with Crippen LogP contribution in [0.15, 0.2) is 51.9 Å². The van der Waals surface area contributed by atoms with E-state index in [2.05, 4.69) is 31.7 Å². The first kappa shape index (κ1) is 27.8. The summed E-state index contributed by atoms with van der Waals surface area (Å²) >= 11 is 3.24. The number of hydroxylamine groups is 1. The monoisotopic (exact) mass is 587 g/mol. The number of amides is 1. The third-order valence-corrected chi connectivity index (χ3v) is 7.02. The standard InChI is InChI=1S/C23H27BrFN3O7S/c1-3-36(30,31)35-11-10-34-28-22-21(19(13-26-22)18-9-6-16(24)12-20(18)25)27-23(29)33-14-15-4-7-17(32-2)8-5-15/h4-9,12,19,21H,3,10-11,13-14H2,1-2H3,(H,26,28)(H,27,29)/t19-,21-/m0/s1. The molecule has 0 bridgehead atoms. The summed E-state index contributed by atoms with van der Waals surface area (Å²) in [6, 6.07) is 10.9. The Bertz CT molecular complexity index is 1180. The number of benzene rings is 2. The van der Waals surface area contributed by atoms with Gasteiger partial charge < -0.3 is 14.8 Å². The Morgan fingerprint density at radius 1 is 1.19 bits per heavy atom. The summed E-state index contributed by atoms with van der Waals surface area (Å²) in [5, 5.41) is 2.72. The molecule has 0 unspecified atom stereocenters. The zero-order chi connectivity index (χ0) is 26.1. The topological polar surface area (TPSA) is 125 Å². The molecular formula is C23H27BrFN3O7S. The number of amidine groups is 1. The van der Waals surface area contributed by atoms with Crippen LogP contribution >= 0.6 is 15.9 Å². The van der Waals surface area contributed by atoms with Gasteiger partial charge in [-0.3, -0.25) is 19.5 Å². The molecule has 2 N–H and O–H groups in total. The molecule has 1 aliphatic heterocycles. The second kappa shape index (κ2) is 13.0. The lowest BCUT2D eigenvalue weighted by molar-refractivity contribution is 0.0589. The Balaban J connectivity index is 1.64. The molecule has 0 aromatic heterocycles. The molecular weight excluding hydrogens is 561 g/mol. The zero-order valence-corrected chi connectivity index (χ0v) is 22.1. The van der Waals surface area contributed by atoms with E-state index in [0.717, 1.165) is 5.56 Å². The number of halogens is 2. The van der Waals surface area contributed by atoms with Gasteiger partial charge >= 0.3 is 6.09 Å². The number of hydrogen-bond donors (Lipinski definition) is 2. The summed E-state index contributed by atoms with van der Waals surface area (Å²) in [5.74, 6) is -0.226. The number of ether oxygens (including phenoxy) is 2. The fraction of sp³-hybridized carbons (Fsp3) is 0.391. The van der Waals surface area contributed by atoms with Crippen LogP contribution in [0.1, 0.15) is 24.0 Å². The molecule has 0 aliphatic carbocycles. The lowest BCUT2D eigenvalue weighted by Crippen LogP contribution is -2.48. The summed E-state index contributed by atoms with van der Waals surface area (Å²) in [4.78, 5) is 22.2. The van der Waals surface area contributed by atoms with Crippen LogP contribution in [0.25, 0.3) is 0 Å². The minimum absolute atomic E-state index is 0.0134. The van der Waals surface area contributed by atoms with E-state index in [1.807, 2.05) is 0 Å². The predicted molar refractivity (Wildman–Crippen MR) is 134 cm³/mol. The van der Waals surface area contributed by atoms with Crippen molar-refractivity contribution in [2.45, 2.75) is 25.5 Å². The molecule has 0 spiro atoms. The average Bonchev–Trinajstić information content (AvgIpc) is 3.24. The van der Waals surface area contributed by atoms with E-state index in [-0.39, 0.29) is 38.0 Å². The maximum absolute atomic E-state index is 14.7. The average molecular weight is 588 g/mol. The van der Waals surface area contributed by atoms with Gasteiger partial charge in [-0.25, -0.2) is 9.18 Å². The van der Waals surface area contributed by atoms with Gasteiger partial charge in [-0.2, -0.15) is 8.42 Å². The molecule has 196 valence electrons. The summed E-state index contributed by atoms with van der Waals surface area (Å²) in [7, 11) is -2.04. The first-order valence-corrected chi connectivity index (χ1v) is 13.4. The first-order valence-electron chi connectivity index (χ1n) is 11.0. The van der Waals surface area contributed by atoms with E-state index in [1.165, 1.54) is 13.0 Å². The van der Waals surface area contributed by atoms with Crippen LogP contribution in [0.5, 0.6) is 5.75 Å². The summed E-state index contributed by atoms with van der Waals surface area (Å²) < 4.78 is 53.3. The number of hydrogen-bond acceptors (Lipinski definition) is 9. The molecule has 2 aromatic carbocycles. The molecule has 3 rings (SSSR count). The van der Waals surface area contributed by atoms with Gasteiger partial charge in [-0.05, 0) is 42.3 Å². The maximum atomic E-state index is 14.7. The number of methoxy groups -OCH3 is 1. The smallest absolute Gasteiger partial charge is 0.408 e. The van der Waals surface area contributed by atoms with Crippen LogP contribution in [0.4, 0.5) is 9.18 Å². The highest BCUT2D eigenvalue weighted by Gasteiger charge is 2.36. The Labute approximate surface area is 217 Å². The predicted octanol–water partition coefficient (Wildman–Crippen LogP) is 3.28. The molecule has 0 saturated carbocycles. The van der Waals surface area contributed by atoms with Gasteiger partial charge in [0.05, 0.1) is 32.6 Å². The molecule has 1 aliphatic rings. The summed E-state index contributed by atoms with van der Waals surface area (Å²) in [6.07, 6.45) is -0.730. The van der Waals surface area contributed by atoms with Crippen LogP contribution in [-0.2, 0) is 30.5 Å². The molecule has 0 radical (unpaired) electrons. The molecule has 2 atom stereocenters. The molecule has 1 heterocycles. The number of rotatable bonds is 11. The third kappa shape index (κ3) is 7.88. The van der Waals surface area contributed by atoms with E-state index in [0.29, 0.717) is 15.8 Å². The van der Waals surface area contributed by atoms with Crippen molar-refractivity contribution < 1.29 is 36.1 Å². The van der Waals surface area contributed by atoms with E-state index in [9.17, 15) is 17.6 Å². The van der Waals surface area contributed by atoms with Crippen LogP contribution in [0, 0.1) is 5.82 Å². The van der Waals surface area contributed by atoms with Crippen molar-refractivity contribution in [2.24, 2.45) is 4.99 Å². The largest absolute Gasteiger partial charge is 0.497 e. The van der Waals surface area contributed by atoms with E-state index < -0.39 is 34.0 Å². The molecule has 10 nitrogen and oxygen atoms in total. The summed E-state index contributed by atoms with van der Waals surface area (Å²) in [6.45, 7) is 1.34. The molecule has 1 amide bonds. The molecule has 2 aromatic rings.